The molecule has 1 rings (SSSR count). The molecule has 0 bridgehead atoms. The third kappa shape index (κ3) is 27.5. The van der Waals surface area contributed by atoms with Crippen molar-refractivity contribution >= 4 is 53.6 Å². The van der Waals surface area contributed by atoms with E-state index in [9.17, 15) is 43.3 Å². The Bertz CT molecular complexity index is 1340. The van der Waals surface area contributed by atoms with Gasteiger partial charge < -0.3 is 37.6 Å². The molecule has 0 fully saturated rings. The minimum absolute atomic E-state index is 0. The number of ether oxygens (including phenoxy) is 1. The van der Waals surface area contributed by atoms with E-state index in [4.69, 9.17) is 14.0 Å². The van der Waals surface area contributed by atoms with Gasteiger partial charge in [-0.05, 0) is 33.3 Å². The molecule has 0 heterocycles. The summed E-state index contributed by atoms with van der Waals surface area (Å²) in [5.41, 5.74) is -1.64. The molecule has 0 unspecified atom stereocenters. The minimum atomic E-state index is -3.89. The summed E-state index contributed by atoms with van der Waals surface area (Å²) < 4.78 is 102. The maximum absolute atomic E-state index is 12.1. The molecular weight excluding hydrogens is 706 g/mol. The molecule has 0 atom stereocenters. The van der Waals surface area contributed by atoms with E-state index < -0.39 is 82.5 Å². The van der Waals surface area contributed by atoms with E-state index in [-0.39, 0.29) is 108 Å². The number of carboxylic acids is 1. The Kier molecular flexibility index (Phi) is 31.1. The molecule has 0 aliphatic heterocycles. The van der Waals surface area contributed by atoms with Gasteiger partial charge in [-0.25, -0.2) is 0 Å². The van der Waals surface area contributed by atoms with E-state index in [1.165, 1.54) is 27.7 Å². The Morgan fingerprint density at radius 2 is 1.11 bits per heavy atom. The Morgan fingerprint density at radius 1 is 0.733 bits per heavy atom. The zero-order valence-corrected chi connectivity index (χ0v) is 33.3. The largest absolute Gasteiger partial charge is 1.00 e. The first-order valence-electron chi connectivity index (χ1n) is 12.0. The van der Waals surface area contributed by atoms with Crippen molar-refractivity contribution in [1.82, 2.24) is 0 Å². The number of hydrogen-bond donors (Lipinski definition) is 1. The molecule has 0 amide bonds. The van der Waals surface area contributed by atoms with Crippen LogP contribution in [0, 0.1) is 10.8 Å². The topological polar surface area (TPSA) is 279 Å². The van der Waals surface area contributed by atoms with Crippen LogP contribution in [-0.2, 0) is 87.8 Å². The van der Waals surface area contributed by atoms with Gasteiger partial charge in [0.15, 0.2) is 0 Å². The Labute approximate surface area is 312 Å². The van der Waals surface area contributed by atoms with E-state index in [1.807, 2.05) is 18.2 Å². The van der Waals surface area contributed by atoms with Crippen LogP contribution in [0.1, 0.15) is 46.1 Å². The second-order valence-electron chi connectivity index (χ2n) is 9.91. The minimum Gasteiger partial charge on any atom is -0.870 e. The normalized spacial score (nSPS) is 11.4. The molecule has 0 saturated heterocycles. The smallest absolute Gasteiger partial charge is 0.870 e. The predicted molar refractivity (Wildman–Crippen MR) is 151 cm³/mol. The van der Waals surface area contributed by atoms with Gasteiger partial charge in [0.25, 0.3) is 20.2 Å². The van der Waals surface area contributed by atoms with Gasteiger partial charge in [-0.1, -0.05) is 76.1 Å². The molecule has 0 aliphatic carbocycles. The number of rotatable bonds is 18. The second-order valence-corrected chi connectivity index (χ2v) is 15.5. The standard InChI is InChI=1S/C15H21O7S2.C8H15O7S2.2Na.2H2O/c1-15(2,12-22-24(19,20)10-6-9-23(17)18)14(16)21-11-13-7-4-3-5-8-13;1-8(2,7(9)10)6-15-17(13,14)5-3-4-16(11)12;;;;/h3-5,7-8H,6,9-12H2,1-2H3;3-6H2,1-2H3,(H,9,10);;;2*1H2/q2*-1;2*+1;;/p-2. The van der Waals surface area contributed by atoms with E-state index in [1.54, 1.807) is 12.1 Å². The quantitative estimate of drug-likeness (QED) is 0.0643. The van der Waals surface area contributed by atoms with Crippen molar-refractivity contribution in [2.24, 2.45) is 10.8 Å². The van der Waals surface area contributed by atoms with Crippen molar-refractivity contribution < 1.29 is 132 Å². The van der Waals surface area contributed by atoms with Gasteiger partial charge in [0.05, 0.1) is 35.5 Å². The van der Waals surface area contributed by atoms with Gasteiger partial charge in [0, 0.05) is 0 Å². The fourth-order valence-corrected chi connectivity index (χ4v) is 5.64. The van der Waals surface area contributed by atoms with Crippen LogP contribution >= 0.6 is 0 Å². The fourth-order valence-electron chi connectivity index (χ4n) is 2.34. The first-order chi connectivity index (χ1) is 18.7. The summed E-state index contributed by atoms with van der Waals surface area (Å²) in [6.07, 6.45) is -0.136. The van der Waals surface area contributed by atoms with Crippen molar-refractivity contribution in [1.29, 1.82) is 0 Å². The zero-order valence-electron chi connectivity index (χ0n) is 26.0. The van der Waals surface area contributed by atoms with Crippen molar-refractivity contribution in [3.8, 4) is 0 Å². The van der Waals surface area contributed by atoms with Crippen LogP contribution in [0.25, 0.3) is 0 Å². The van der Waals surface area contributed by atoms with Crippen LogP contribution < -0.4 is 59.1 Å². The van der Waals surface area contributed by atoms with E-state index in [0.29, 0.717) is 0 Å². The van der Waals surface area contributed by atoms with E-state index in [0.717, 1.165) is 5.56 Å². The van der Waals surface area contributed by atoms with Crippen LogP contribution in [0.5, 0.6) is 0 Å². The molecule has 0 aliphatic rings. The van der Waals surface area contributed by atoms with Crippen LogP contribution in [0.15, 0.2) is 30.3 Å². The number of carboxylic acid groups (broad SMARTS) is 1. The third-order valence-corrected chi connectivity index (χ3v) is 8.73. The first-order valence-corrected chi connectivity index (χ1v) is 17.6. The zero-order chi connectivity index (χ0) is 31.9. The van der Waals surface area contributed by atoms with Gasteiger partial charge in [0.1, 0.15) is 6.61 Å². The van der Waals surface area contributed by atoms with Crippen molar-refractivity contribution in [2.45, 2.75) is 47.1 Å². The maximum Gasteiger partial charge on any atom is 1.00 e. The molecule has 254 valence electrons. The molecule has 0 spiro atoms. The van der Waals surface area contributed by atoms with Crippen molar-refractivity contribution in [2.75, 3.05) is 36.2 Å². The molecule has 0 aromatic heterocycles. The van der Waals surface area contributed by atoms with Gasteiger partial charge >= 0.3 is 71.1 Å². The Morgan fingerprint density at radius 3 is 1.47 bits per heavy atom. The summed E-state index contributed by atoms with van der Waals surface area (Å²) in [7, 11) is -12.4. The Balaban J connectivity index is -0.000000229. The molecule has 45 heavy (non-hydrogen) atoms. The Hall–Kier alpha value is -0.200. The number of carbonyl (C=O) groups is 2. The molecule has 3 N–H and O–H groups in total. The van der Waals surface area contributed by atoms with Crippen molar-refractivity contribution in [3.05, 3.63) is 35.9 Å². The second kappa shape index (κ2) is 25.8. The summed E-state index contributed by atoms with van der Waals surface area (Å²) in [5.74, 6) is -3.15. The summed E-state index contributed by atoms with van der Waals surface area (Å²) >= 11 is 0. The monoisotopic (exact) mass is 744 g/mol. The molecule has 16 nitrogen and oxygen atoms in total. The van der Waals surface area contributed by atoms with E-state index in [2.05, 4.69) is 4.18 Å². The summed E-state index contributed by atoms with van der Waals surface area (Å²) in [5, 5.41) is 8.73. The average molecular weight is 745 g/mol. The number of benzene rings is 1. The molecule has 0 radical (unpaired) electrons. The van der Waals surface area contributed by atoms with Crippen LogP contribution in [0.3, 0.4) is 0 Å². The molecule has 1 aromatic rings. The molecule has 0 saturated carbocycles. The molecular formula is C23H38Na2O16S4-2. The third-order valence-electron chi connectivity index (χ3n) is 4.95. The van der Waals surface area contributed by atoms with Crippen LogP contribution in [-0.4, -0.2) is 81.1 Å². The fraction of sp³-hybridized carbons (Fsp3) is 0.652. The number of esters is 1. The SMILES string of the molecule is CC(C)(COS(=O)(=O)CCC[S-](=O)=O)C(=O)O.CC(C)(COS(=O)(=O)CCC[S-](=O)=O)C(=O)OCc1ccccc1.[Na+].[Na+].[OH-].[OH-]. The van der Waals surface area contributed by atoms with Gasteiger partial charge in [-0.3, -0.25) is 18.0 Å². The van der Waals surface area contributed by atoms with E-state index >= 15 is 0 Å². The summed E-state index contributed by atoms with van der Waals surface area (Å²) in [4.78, 5) is 22.8. The maximum atomic E-state index is 12.1. The molecule has 22 heteroatoms. The van der Waals surface area contributed by atoms with Gasteiger partial charge in [-0.15, -0.1) is 0 Å². The van der Waals surface area contributed by atoms with Gasteiger partial charge in [0.2, 0.25) is 0 Å². The van der Waals surface area contributed by atoms with Crippen LogP contribution in [0.4, 0.5) is 0 Å². The number of aliphatic carboxylic acids is 1. The summed E-state index contributed by atoms with van der Waals surface area (Å²) in [6, 6.07) is 9.09. The molecule has 1 aromatic carbocycles. The van der Waals surface area contributed by atoms with Crippen molar-refractivity contribution in [3.63, 3.8) is 0 Å². The predicted octanol–water partition coefficient (Wildman–Crippen LogP) is -4.40. The first kappa shape index (κ1) is 54.3. The van der Waals surface area contributed by atoms with Gasteiger partial charge in [-0.2, -0.15) is 16.8 Å². The van der Waals surface area contributed by atoms with Crippen LogP contribution in [0.2, 0.25) is 0 Å². The summed E-state index contributed by atoms with van der Waals surface area (Å²) in [6.45, 7) is 4.93. The number of carbonyl (C=O) groups excluding carboxylic acids is 1. The number of hydrogen-bond acceptors (Lipinski definition) is 17. The average Bonchev–Trinajstić information content (AvgIpc) is 2.85.